The highest BCUT2D eigenvalue weighted by Gasteiger charge is 2.45. The summed E-state index contributed by atoms with van der Waals surface area (Å²) in [6, 6.07) is 14.5. The van der Waals surface area contributed by atoms with E-state index >= 15 is 0 Å². The first-order chi connectivity index (χ1) is 20.9. The van der Waals surface area contributed by atoms with Gasteiger partial charge in [0.05, 0.1) is 32.8 Å². The maximum absolute atomic E-state index is 14.4. The minimum Gasteiger partial charge on any atom is -0.488 e. The molecule has 0 aliphatic carbocycles. The van der Waals surface area contributed by atoms with Crippen LogP contribution in [0.2, 0.25) is 15.1 Å². The zero-order valence-corrected chi connectivity index (χ0v) is 27.1. The Hall–Kier alpha value is -3.09. The molecule has 0 spiro atoms. The zero-order valence-electron chi connectivity index (χ0n) is 22.4. The van der Waals surface area contributed by atoms with Crippen molar-refractivity contribution in [3.8, 4) is 5.75 Å². The van der Waals surface area contributed by atoms with Crippen LogP contribution in [0.3, 0.4) is 0 Å². The van der Waals surface area contributed by atoms with E-state index in [9.17, 15) is 22.8 Å². The molecular weight excluding hydrogens is 728 g/mol. The van der Waals surface area contributed by atoms with Crippen molar-refractivity contribution in [3.05, 3.63) is 128 Å². The molecule has 1 atom stereocenters. The van der Waals surface area contributed by atoms with Gasteiger partial charge < -0.3 is 9.47 Å². The fourth-order valence-corrected chi connectivity index (χ4v) is 6.31. The lowest BCUT2D eigenvalue weighted by molar-refractivity contribution is -0.140. The van der Waals surface area contributed by atoms with Gasteiger partial charge in [-0.05, 0) is 66.6 Å². The van der Waals surface area contributed by atoms with Crippen LogP contribution >= 0.6 is 62.1 Å². The normalized spacial score (nSPS) is 15.2. The molecule has 0 fully saturated rings. The van der Waals surface area contributed by atoms with Crippen LogP contribution in [0.1, 0.15) is 29.7 Å². The van der Waals surface area contributed by atoms with Gasteiger partial charge in [0.2, 0.25) is 0 Å². The Morgan fingerprint density at radius 3 is 2.45 bits per heavy atom. The number of hydrogen-bond acceptors (Lipinski definition) is 6. The molecule has 2 heterocycles. The summed E-state index contributed by atoms with van der Waals surface area (Å²) in [4.78, 5) is 30.5. The number of halogens is 7. The van der Waals surface area contributed by atoms with Crippen LogP contribution in [0, 0.1) is 0 Å². The molecule has 0 radical (unpaired) electrons. The SMILES string of the molecule is CCOC(=O)C1=C(C(F)(F)F)N=c2s/c(=C\c3cc(Br)ccc3OCc3ccc(Cl)c(Cl)c3)c(=O)n2[C@@H]1c1ccc(Cl)cc1. The lowest BCUT2D eigenvalue weighted by atomic mass is 9.95. The van der Waals surface area contributed by atoms with Crippen LogP contribution in [0.4, 0.5) is 13.2 Å². The number of ether oxygens (including phenoxy) is 2. The number of carbonyl (C=O) groups excluding carboxylic acids is 1. The van der Waals surface area contributed by atoms with E-state index in [0.717, 1.165) is 21.5 Å². The van der Waals surface area contributed by atoms with Gasteiger partial charge in [-0.25, -0.2) is 9.79 Å². The third-order valence-electron chi connectivity index (χ3n) is 6.42. The van der Waals surface area contributed by atoms with Gasteiger partial charge in [0.1, 0.15) is 12.4 Å². The molecule has 4 aromatic rings. The first kappa shape index (κ1) is 32.3. The maximum atomic E-state index is 14.4. The molecule has 0 saturated heterocycles. The van der Waals surface area contributed by atoms with Gasteiger partial charge in [-0.15, -0.1) is 0 Å². The van der Waals surface area contributed by atoms with Crippen molar-refractivity contribution in [1.29, 1.82) is 0 Å². The highest BCUT2D eigenvalue weighted by atomic mass is 79.9. The van der Waals surface area contributed by atoms with Crippen molar-refractivity contribution in [1.82, 2.24) is 4.57 Å². The Bertz CT molecular complexity index is 1980. The minimum atomic E-state index is -5.02. The van der Waals surface area contributed by atoms with Crippen molar-refractivity contribution >= 4 is 74.1 Å². The highest BCUT2D eigenvalue weighted by molar-refractivity contribution is 9.10. The number of thiazole rings is 1. The zero-order chi connectivity index (χ0) is 31.8. The van der Waals surface area contributed by atoms with Gasteiger partial charge in [0, 0.05) is 15.1 Å². The molecule has 1 aromatic heterocycles. The summed E-state index contributed by atoms with van der Waals surface area (Å²) in [6.45, 7) is 1.41. The van der Waals surface area contributed by atoms with E-state index in [2.05, 4.69) is 20.9 Å². The van der Waals surface area contributed by atoms with Crippen molar-refractivity contribution < 1.29 is 27.4 Å². The smallest absolute Gasteiger partial charge is 0.434 e. The number of hydrogen-bond donors (Lipinski definition) is 0. The number of esters is 1. The average Bonchev–Trinajstić information content (AvgIpc) is 3.28. The van der Waals surface area contributed by atoms with E-state index in [1.165, 1.54) is 37.3 Å². The summed E-state index contributed by atoms with van der Waals surface area (Å²) in [5.41, 5.74) is -1.47. The fourth-order valence-electron chi connectivity index (χ4n) is 4.50. The Morgan fingerprint density at radius 2 is 1.80 bits per heavy atom. The third kappa shape index (κ3) is 6.77. The molecule has 3 aromatic carbocycles. The number of benzene rings is 3. The molecule has 44 heavy (non-hydrogen) atoms. The largest absolute Gasteiger partial charge is 0.488 e. The quantitative estimate of drug-likeness (QED) is 0.183. The number of carbonyl (C=O) groups is 1. The van der Waals surface area contributed by atoms with Crippen molar-refractivity contribution in [2.24, 2.45) is 4.99 Å². The predicted molar refractivity (Wildman–Crippen MR) is 167 cm³/mol. The number of rotatable bonds is 7. The number of fused-ring (bicyclic) bond motifs is 1. The first-order valence-corrected chi connectivity index (χ1v) is 15.5. The maximum Gasteiger partial charge on any atom is 0.434 e. The summed E-state index contributed by atoms with van der Waals surface area (Å²) in [6.07, 6.45) is -3.52. The molecule has 6 nitrogen and oxygen atoms in total. The second-order valence-corrected chi connectivity index (χ2v) is 12.5. The molecule has 0 bridgehead atoms. The Labute approximate surface area is 275 Å². The first-order valence-electron chi connectivity index (χ1n) is 12.8. The molecular formula is C30H19BrCl3F3N2O4S. The molecule has 1 aliphatic heterocycles. The topological polar surface area (TPSA) is 69.9 Å². The summed E-state index contributed by atoms with van der Waals surface area (Å²) < 4.78 is 55.9. The number of nitrogens with zero attached hydrogens (tertiary/aromatic N) is 2. The van der Waals surface area contributed by atoms with Crippen LogP contribution in [0.25, 0.3) is 6.08 Å². The van der Waals surface area contributed by atoms with Gasteiger partial charge in [-0.2, -0.15) is 13.2 Å². The summed E-state index contributed by atoms with van der Waals surface area (Å²) in [7, 11) is 0. The number of aromatic nitrogens is 1. The van der Waals surface area contributed by atoms with Crippen molar-refractivity contribution in [2.45, 2.75) is 25.7 Å². The lowest BCUT2D eigenvalue weighted by Crippen LogP contribution is -2.41. The van der Waals surface area contributed by atoms with Gasteiger partial charge in [-0.1, -0.05) is 80.3 Å². The van der Waals surface area contributed by atoms with E-state index in [1.807, 2.05) is 0 Å². The van der Waals surface area contributed by atoms with E-state index in [4.69, 9.17) is 44.3 Å². The number of alkyl halides is 3. The van der Waals surface area contributed by atoms with E-state index in [0.29, 0.717) is 30.9 Å². The Kier molecular flexibility index (Phi) is 9.62. The van der Waals surface area contributed by atoms with E-state index < -0.39 is 35.0 Å². The van der Waals surface area contributed by atoms with Gasteiger partial charge >= 0.3 is 12.1 Å². The molecule has 1 aliphatic rings. The van der Waals surface area contributed by atoms with Gasteiger partial charge in [0.15, 0.2) is 10.5 Å². The standard InChI is InChI=1S/C30H19BrCl3F3N2O4S/c1-2-42-28(41)24-25(16-4-7-19(32)8-5-16)39-27(40)23(44-29(39)38-26(24)30(35,36)37)13-17-12-18(31)6-10-22(17)43-14-15-3-9-20(33)21(34)11-15/h3-13,25H,2,14H2,1H3/b23-13-/t25-/m1/s1. The summed E-state index contributed by atoms with van der Waals surface area (Å²) in [5, 5.41) is 1.08. The molecule has 14 heteroatoms. The fraction of sp³-hybridized carbons (Fsp3) is 0.167. The average molecular weight is 747 g/mol. The molecule has 228 valence electrons. The second kappa shape index (κ2) is 13.1. The monoisotopic (exact) mass is 744 g/mol. The summed E-state index contributed by atoms with van der Waals surface area (Å²) in [5.74, 6) is -0.842. The van der Waals surface area contributed by atoms with Crippen LogP contribution in [-0.2, 0) is 16.1 Å². The molecule has 0 amide bonds. The van der Waals surface area contributed by atoms with Crippen LogP contribution in [0.15, 0.2) is 86.2 Å². The van der Waals surface area contributed by atoms with E-state index in [1.54, 1.807) is 36.4 Å². The van der Waals surface area contributed by atoms with Crippen molar-refractivity contribution in [2.75, 3.05) is 6.61 Å². The molecule has 5 rings (SSSR count). The molecule has 0 unspecified atom stereocenters. The van der Waals surface area contributed by atoms with Crippen LogP contribution in [0.5, 0.6) is 5.75 Å². The third-order valence-corrected chi connectivity index (χ3v) is 8.88. The molecule has 0 N–H and O–H groups in total. The van der Waals surface area contributed by atoms with Gasteiger partial charge in [0.25, 0.3) is 5.56 Å². The lowest BCUT2D eigenvalue weighted by Gasteiger charge is -2.26. The second-order valence-electron chi connectivity index (χ2n) is 9.33. The minimum absolute atomic E-state index is 0.0619. The Balaban J connectivity index is 1.67. The molecule has 0 saturated carbocycles. The van der Waals surface area contributed by atoms with Crippen molar-refractivity contribution in [3.63, 3.8) is 0 Å². The predicted octanol–water partition coefficient (Wildman–Crippen LogP) is 7.64. The number of allylic oxidation sites excluding steroid dienone is 1. The van der Waals surface area contributed by atoms with Gasteiger partial charge in [-0.3, -0.25) is 9.36 Å². The Morgan fingerprint density at radius 1 is 1.07 bits per heavy atom. The highest BCUT2D eigenvalue weighted by Crippen LogP contribution is 2.38. The van der Waals surface area contributed by atoms with Crippen LogP contribution in [-0.4, -0.2) is 23.3 Å². The summed E-state index contributed by atoms with van der Waals surface area (Å²) >= 11 is 22.3. The van der Waals surface area contributed by atoms with E-state index in [-0.39, 0.29) is 28.1 Å². The van der Waals surface area contributed by atoms with Crippen LogP contribution < -0.4 is 19.6 Å².